The highest BCUT2D eigenvalue weighted by molar-refractivity contribution is 6.32. The summed E-state index contributed by atoms with van der Waals surface area (Å²) in [5, 5.41) is 8.42. The average Bonchev–Trinajstić information content (AvgIpc) is 2.98. The first-order valence-electron chi connectivity index (χ1n) is 8.13. The zero-order valence-electron chi connectivity index (χ0n) is 14.5. The molecule has 28 heavy (non-hydrogen) atoms. The van der Waals surface area contributed by atoms with Gasteiger partial charge in [0, 0.05) is 16.1 Å². The first kappa shape index (κ1) is 18.3. The van der Waals surface area contributed by atoms with Gasteiger partial charge in [-0.05, 0) is 36.4 Å². The van der Waals surface area contributed by atoms with Crippen molar-refractivity contribution < 1.29 is 9.53 Å². The highest BCUT2D eigenvalue weighted by atomic mass is 35.5. The summed E-state index contributed by atoms with van der Waals surface area (Å²) in [4.78, 5) is 29.1. The minimum absolute atomic E-state index is 0.272. The number of halogens is 2. The van der Waals surface area contributed by atoms with Crippen LogP contribution in [0.25, 0.3) is 16.6 Å². The maximum Gasteiger partial charge on any atom is 0.352 e. The summed E-state index contributed by atoms with van der Waals surface area (Å²) in [6.45, 7) is -0.272. The Morgan fingerprint density at radius 1 is 1.21 bits per heavy atom. The van der Waals surface area contributed by atoms with Gasteiger partial charge in [-0.2, -0.15) is 0 Å². The average molecular weight is 418 g/mol. The van der Waals surface area contributed by atoms with Gasteiger partial charge in [0.1, 0.15) is 18.6 Å². The number of benzene rings is 2. The molecular weight excluding hydrogens is 405 g/mol. The van der Waals surface area contributed by atoms with Gasteiger partial charge in [-0.3, -0.25) is 4.79 Å². The number of hydrogen-bond acceptors (Lipinski definition) is 5. The van der Waals surface area contributed by atoms with Crippen molar-refractivity contribution in [2.75, 3.05) is 12.4 Å². The number of nitrogens with one attached hydrogen (secondary N) is 1. The summed E-state index contributed by atoms with van der Waals surface area (Å²) in [6, 6.07) is 9.96. The fraction of sp³-hybridized carbons (Fsp3) is 0.111. The molecule has 0 unspecified atom stereocenters. The Kier molecular flexibility index (Phi) is 4.66. The Bertz CT molecular complexity index is 1280. The van der Waals surface area contributed by atoms with Gasteiger partial charge in [0.2, 0.25) is 5.91 Å². The molecule has 0 spiro atoms. The van der Waals surface area contributed by atoms with E-state index in [0.717, 1.165) is 4.68 Å². The lowest BCUT2D eigenvalue weighted by Gasteiger charge is -2.07. The third-order valence-electron chi connectivity index (χ3n) is 4.11. The maximum atomic E-state index is 12.6. The number of anilines is 1. The fourth-order valence-corrected chi connectivity index (χ4v) is 3.24. The van der Waals surface area contributed by atoms with Crippen molar-refractivity contribution >= 4 is 51.3 Å². The topological polar surface area (TPSA) is 90.5 Å². The Morgan fingerprint density at radius 2 is 2.04 bits per heavy atom. The largest absolute Gasteiger partial charge is 0.495 e. The molecule has 8 nitrogen and oxygen atoms in total. The Labute approximate surface area is 168 Å². The van der Waals surface area contributed by atoms with E-state index in [1.165, 1.54) is 17.8 Å². The second-order valence-electron chi connectivity index (χ2n) is 5.94. The lowest BCUT2D eigenvalue weighted by molar-refractivity contribution is -0.117. The van der Waals surface area contributed by atoms with Crippen LogP contribution >= 0.6 is 23.2 Å². The van der Waals surface area contributed by atoms with Gasteiger partial charge in [0.25, 0.3) is 0 Å². The molecule has 0 saturated carbocycles. The molecule has 0 fully saturated rings. The highest BCUT2D eigenvalue weighted by Crippen LogP contribution is 2.27. The first-order valence-corrected chi connectivity index (χ1v) is 8.88. The van der Waals surface area contributed by atoms with Crippen molar-refractivity contribution in [2.24, 2.45) is 0 Å². The van der Waals surface area contributed by atoms with Crippen LogP contribution in [0.4, 0.5) is 5.69 Å². The van der Waals surface area contributed by atoms with Crippen molar-refractivity contribution in [2.45, 2.75) is 6.54 Å². The SMILES string of the molecule is COc1ccc(NC(=O)Cn2nc3c4cc(Cl)ccc4ncn3c2=O)cc1Cl. The molecule has 1 amide bonds. The van der Waals surface area contributed by atoms with Gasteiger partial charge in [-0.1, -0.05) is 23.2 Å². The second-order valence-corrected chi connectivity index (χ2v) is 6.78. The number of rotatable bonds is 4. The molecule has 4 rings (SSSR count). The van der Waals surface area contributed by atoms with E-state index in [0.29, 0.717) is 38.0 Å². The summed E-state index contributed by atoms with van der Waals surface area (Å²) in [7, 11) is 1.50. The van der Waals surface area contributed by atoms with Crippen LogP contribution in [0.2, 0.25) is 10.0 Å². The number of methoxy groups -OCH3 is 1. The third kappa shape index (κ3) is 3.28. The number of nitrogens with zero attached hydrogens (tertiary/aromatic N) is 4. The number of carbonyl (C=O) groups is 1. The number of fused-ring (bicyclic) bond motifs is 3. The quantitative estimate of drug-likeness (QED) is 0.550. The lowest BCUT2D eigenvalue weighted by atomic mass is 10.2. The third-order valence-corrected chi connectivity index (χ3v) is 4.64. The molecule has 0 aliphatic carbocycles. The monoisotopic (exact) mass is 417 g/mol. The normalized spacial score (nSPS) is 11.1. The molecular formula is C18H13Cl2N5O3. The summed E-state index contributed by atoms with van der Waals surface area (Å²) >= 11 is 12.1. The lowest BCUT2D eigenvalue weighted by Crippen LogP contribution is -2.28. The molecule has 0 aliphatic heterocycles. The van der Waals surface area contributed by atoms with Crippen LogP contribution in [-0.2, 0) is 11.3 Å². The molecule has 0 bridgehead atoms. The molecule has 1 N–H and O–H groups in total. The van der Waals surface area contributed by atoms with Crippen LogP contribution in [0, 0.1) is 0 Å². The van der Waals surface area contributed by atoms with Crippen LogP contribution in [0.1, 0.15) is 0 Å². The number of ether oxygens (including phenoxy) is 1. The number of amides is 1. The molecule has 2 aromatic heterocycles. The van der Waals surface area contributed by atoms with Crippen molar-refractivity contribution in [3.8, 4) is 5.75 Å². The second kappa shape index (κ2) is 7.14. The van der Waals surface area contributed by atoms with E-state index in [1.807, 2.05) is 0 Å². The summed E-state index contributed by atoms with van der Waals surface area (Å²) < 4.78 is 7.42. The van der Waals surface area contributed by atoms with E-state index in [4.69, 9.17) is 27.9 Å². The molecule has 0 atom stereocenters. The van der Waals surface area contributed by atoms with E-state index in [1.54, 1.807) is 36.4 Å². The summed E-state index contributed by atoms with van der Waals surface area (Å²) in [5.74, 6) is 0.0660. The Hall–Kier alpha value is -3.10. The van der Waals surface area contributed by atoms with Gasteiger partial charge >= 0.3 is 5.69 Å². The van der Waals surface area contributed by atoms with Gasteiger partial charge < -0.3 is 10.1 Å². The molecule has 2 aromatic carbocycles. The summed E-state index contributed by atoms with van der Waals surface area (Å²) in [6.07, 6.45) is 1.37. The maximum absolute atomic E-state index is 12.6. The van der Waals surface area contributed by atoms with Crippen molar-refractivity contribution in [1.82, 2.24) is 19.2 Å². The number of carbonyl (C=O) groups excluding carboxylic acids is 1. The minimum atomic E-state index is -0.479. The van der Waals surface area contributed by atoms with Gasteiger partial charge in [0.05, 0.1) is 17.6 Å². The molecule has 142 valence electrons. The molecule has 0 saturated heterocycles. The van der Waals surface area contributed by atoms with Crippen LogP contribution in [-0.4, -0.2) is 32.2 Å². The van der Waals surface area contributed by atoms with Gasteiger partial charge in [-0.25, -0.2) is 18.9 Å². The number of aromatic nitrogens is 4. The Balaban J connectivity index is 1.64. The zero-order chi connectivity index (χ0) is 19.8. The number of hydrogen-bond donors (Lipinski definition) is 1. The van der Waals surface area contributed by atoms with Crippen LogP contribution in [0.3, 0.4) is 0 Å². The summed E-state index contributed by atoms with van der Waals surface area (Å²) in [5.41, 5.74) is 1.02. The van der Waals surface area contributed by atoms with Crippen LogP contribution in [0.15, 0.2) is 47.5 Å². The molecule has 4 aromatic rings. The van der Waals surface area contributed by atoms with Gasteiger partial charge in [0.15, 0.2) is 5.65 Å². The fourth-order valence-electron chi connectivity index (χ4n) is 2.81. The van der Waals surface area contributed by atoms with Crippen LogP contribution < -0.4 is 15.7 Å². The smallest absolute Gasteiger partial charge is 0.352 e. The van der Waals surface area contributed by atoms with Gasteiger partial charge in [-0.15, -0.1) is 5.10 Å². The highest BCUT2D eigenvalue weighted by Gasteiger charge is 2.14. The molecule has 10 heteroatoms. The predicted molar refractivity (Wildman–Crippen MR) is 106 cm³/mol. The first-order chi connectivity index (χ1) is 13.5. The standard InChI is InChI=1S/C18H13Cl2N5O3/c1-28-15-5-3-11(7-13(15)20)22-16(26)8-25-18(27)24-9-21-14-4-2-10(19)6-12(14)17(24)23-25/h2-7,9H,8H2,1H3,(H,22,26). The van der Waals surface area contributed by atoms with Crippen LogP contribution in [0.5, 0.6) is 5.75 Å². The van der Waals surface area contributed by atoms with Crippen molar-refractivity contribution in [1.29, 1.82) is 0 Å². The molecule has 0 radical (unpaired) electrons. The van der Waals surface area contributed by atoms with E-state index < -0.39 is 11.6 Å². The van der Waals surface area contributed by atoms with Crippen molar-refractivity contribution in [3.63, 3.8) is 0 Å². The van der Waals surface area contributed by atoms with Crippen molar-refractivity contribution in [3.05, 3.63) is 63.3 Å². The van der Waals surface area contributed by atoms with E-state index >= 15 is 0 Å². The van der Waals surface area contributed by atoms with E-state index in [2.05, 4.69) is 15.4 Å². The molecule has 0 aliphatic rings. The predicted octanol–water partition coefficient (Wildman–Crippen LogP) is 3.00. The Morgan fingerprint density at radius 3 is 2.79 bits per heavy atom. The minimum Gasteiger partial charge on any atom is -0.495 e. The van der Waals surface area contributed by atoms with E-state index in [-0.39, 0.29) is 6.54 Å². The van der Waals surface area contributed by atoms with E-state index in [9.17, 15) is 9.59 Å². The zero-order valence-corrected chi connectivity index (χ0v) is 16.0. The molecule has 2 heterocycles.